The van der Waals surface area contributed by atoms with E-state index in [0.717, 1.165) is 16.9 Å². The van der Waals surface area contributed by atoms with Gasteiger partial charge in [-0.3, -0.25) is 9.52 Å². The Bertz CT molecular complexity index is 1370. The van der Waals surface area contributed by atoms with Gasteiger partial charge in [0.15, 0.2) is 0 Å². The first-order chi connectivity index (χ1) is 14.8. The van der Waals surface area contributed by atoms with Crippen LogP contribution in [0.3, 0.4) is 0 Å². The molecule has 0 saturated heterocycles. The molecule has 0 bridgehead atoms. The van der Waals surface area contributed by atoms with E-state index in [1.54, 1.807) is 24.3 Å². The number of para-hydroxylation sites is 3. The van der Waals surface area contributed by atoms with E-state index in [0.29, 0.717) is 10.6 Å². The highest BCUT2D eigenvalue weighted by molar-refractivity contribution is 7.92. The number of halogens is 1. The Morgan fingerprint density at radius 1 is 1.00 bits per heavy atom. The molecule has 31 heavy (non-hydrogen) atoms. The molecule has 7 nitrogen and oxygen atoms in total. The van der Waals surface area contributed by atoms with Crippen molar-refractivity contribution < 1.29 is 13.2 Å². The SMILES string of the molecule is Cn1c(CNC(=O)c2ccc(S(=O)(=O)Nc3ccccc3Cl)cc2)nc2ccccc21. The van der Waals surface area contributed by atoms with Crippen LogP contribution in [0.4, 0.5) is 5.69 Å². The van der Waals surface area contributed by atoms with Gasteiger partial charge in [-0.1, -0.05) is 35.9 Å². The minimum atomic E-state index is -3.83. The molecule has 158 valence electrons. The lowest BCUT2D eigenvalue weighted by atomic mass is 10.2. The van der Waals surface area contributed by atoms with E-state index in [1.807, 2.05) is 35.9 Å². The summed E-state index contributed by atoms with van der Waals surface area (Å²) >= 11 is 6.02. The van der Waals surface area contributed by atoms with Gasteiger partial charge in [-0.15, -0.1) is 0 Å². The van der Waals surface area contributed by atoms with Crippen LogP contribution in [0, 0.1) is 0 Å². The fraction of sp³-hybridized carbons (Fsp3) is 0.0909. The zero-order valence-corrected chi connectivity index (χ0v) is 18.1. The molecule has 0 radical (unpaired) electrons. The van der Waals surface area contributed by atoms with Gasteiger partial charge in [0.25, 0.3) is 15.9 Å². The number of nitrogens with zero attached hydrogens (tertiary/aromatic N) is 2. The standard InChI is InChI=1S/C22H19ClN4O3S/c1-27-20-9-5-4-8-19(20)25-21(27)14-24-22(28)15-10-12-16(13-11-15)31(29,30)26-18-7-3-2-6-17(18)23/h2-13,26H,14H2,1H3,(H,24,28). The quantitative estimate of drug-likeness (QED) is 0.461. The largest absolute Gasteiger partial charge is 0.345 e. The summed E-state index contributed by atoms with van der Waals surface area (Å²) in [4.78, 5) is 17.1. The minimum Gasteiger partial charge on any atom is -0.345 e. The lowest BCUT2D eigenvalue weighted by Crippen LogP contribution is -2.24. The number of rotatable bonds is 6. The van der Waals surface area contributed by atoms with Gasteiger partial charge in [-0.05, 0) is 48.5 Å². The first kappa shape index (κ1) is 20.9. The number of hydrogen-bond donors (Lipinski definition) is 2. The molecule has 1 aromatic heterocycles. The predicted molar refractivity (Wildman–Crippen MR) is 121 cm³/mol. The van der Waals surface area contributed by atoms with Crippen LogP contribution in [0.2, 0.25) is 5.02 Å². The van der Waals surface area contributed by atoms with Crippen LogP contribution < -0.4 is 10.0 Å². The Morgan fingerprint density at radius 3 is 2.39 bits per heavy atom. The summed E-state index contributed by atoms with van der Waals surface area (Å²) in [6.07, 6.45) is 0. The van der Waals surface area contributed by atoms with Gasteiger partial charge in [0.1, 0.15) is 5.82 Å². The second kappa shape index (κ2) is 8.41. The smallest absolute Gasteiger partial charge is 0.261 e. The number of hydrogen-bond acceptors (Lipinski definition) is 4. The van der Waals surface area contributed by atoms with Crippen molar-refractivity contribution in [1.29, 1.82) is 0 Å². The van der Waals surface area contributed by atoms with Crippen molar-refractivity contribution in [2.45, 2.75) is 11.4 Å². The molecule has 0 fully saturated rings. The maximum atomic E-state index is 12.6. The molecule has 0 aliphatic carbocycles. The Morgan fingerprint density at radius 2 is 1.68 bits per heavy atom. The number of fused-ring (bicyclic) bond motifs is 1. The molecule has 3 aromatic carbocycles. The van der Waals surface area contributed by atoms with Crippen LogP contribution in [0.15, 0.2) is 77.7 Å². The number of imidazole rings is 1. The normalized spacial score (nSPS) is 11.4. The topological polar surface area (TPSA) is 93.1 Å². The monoisotopic (exact) mass is 454 g/mol. The van der Waals surface area contributed by atoms with E-state index >= 15 is 0 Å². The van der Waals surface area contributed by atoms with Gasteiger partial charge in [0.2, 0.25) is 0 Å². The molecular formula is C22H19ClN4O3S. The first-order valence-corrected chi connectivity index (χ1v) is 11.3. The third-order valence-electron chi connectivity index (χ3n) is 4.83. The number of aromatic nitrogens is 2. The number of carbonyl (C=O) groups is 1. The van der Waals surface area contributed by atoms with Crippen LogP contribution in [-0.4, -0.2) is 23.9 Å². The highest BCUT2D eigenvalue weighted by Gasteiger charge is 2.17. The number of sulfonamides is 1. The van der Waals surface area contributed by atoms with Gasteiger partial charge >= 0.3 is 0 Å². The lowest BCUT2D eigenvalue weighted by Gasteiger charge is -2.10. The van der Waals surface area contributed by atoms with Crippen molar-refractivity contribution >= 4 is 44.3 Å². The zero-order valence-electron chi connectivity index (χ0n) is 16.5. The molecule has 0 atom stereocenters. The molecule has 0 unspecified atom stereocenters. The number of aryl methyl sites for hydroxylation is 1. The highest BCUT2D eigenvalue weighted by atomic mass is 35.5. The molecule has 0 saturated carbocycles. The molecule has 4 aromatic rings. The van der Waals surface area contributed by atoms with Crippen molar-refractivity contribution in [1.82, 2.24) is 14.9 Å². The predicted octanol–water partition coefficient (Wildman–Crippen LogP) is 3.96. The summed E-state index contributed by atoms with van der Waals surface area (Å²) in [5, 5.41) is 3.11. The number of carbonyl (C=O) groups excluding carboxylic acids is 1. The average Bonchev–Trinajstić information content (AvgIpc) is 3.09. The van der Waals surface area contributed by atoms with E-state index in [-0.39, 0.29) is 23.0 Å². The van der Waals surface area contributed by atoms with Gasteiger partial charge in [-0.25, -0.2) is 13.4 Å². The maximum absolute atomic E-state index is 12.6. The molecule has 0 aliphatic rings. The number of nitrogens with one attached hydrogen (secondary N) is 2. The van der Waals surface area contributed by atoms with Gasteiger partial charge in [0.05, 0.1) is 33.2 Å². The first-order valence-electron chi connectivity index (χ1n) is 9.41. The van der Waals surface area contributed by atoms with Crippen LogP contribution in [0.5, 0.6) is 0 Å². The molecule has 9 heteroatoms. The lowest BCUT2D eigenvalue weighted by molar-refractivity contribution is 0.0949. The van der Waals surface area contributed by atoms with Gasteiger partial charge < -0.3 is 9.88 Å². The summed E-state index contributed by atoms with van der Waals surface area (Å²) in [6, 6.07) is 20.0. The fourth-order valence-corrected chi connectivity index (χ4v) is 4.47. The third kappa shape index (κ3) is 4.40. The van der Waals surface area contributed by atoms with Crippen molar-refractivity contribution in [3.05, 3.63) is 89.2 Å². The van der Waals surface area contributed by atoms with E-state index in [1.165, 1.54) is 24.3 Å². The van der Waals surface area contributed by atoms with Crippen LogP contribution >= 0.6 is 11.6 Å². The summed E-state index contributed by atoms with van der Waals surface area (Å²) in [7, 11) is -1.94. The fourth-order valence-electron chi connectivity index (χ4n) is 3.15. The molecule has 1 heterocycles. The van der Waals surface area contributed by atoms with E-state index in [9.17, 15) is 13.2 Å². The molecular weight excluding hydrogens is 436 g/mol. The molecule has 4 rings (SSSR count). The van der Waals surface area contributed by atoms with E-state index < -0.39 is 10.0 Å². The van der Waals surface area contributed by atoms with Gasteiger partial charge in [-0.2, -0.15) is 0 Å². The summed E-state index contributed by atoms with van der Waals surface area (Å²) in [6.45, 7) is 0.248. The number of anilines is 1. The minimum absolute atomic E-state index is 0.0271. The summed E-state index contributed by atoms with van der Waals surface area (Å²) < 4.78 is 29.5. The highest BCUT2D eigenvalue weighted by Crippen LogP contribution is 2.24. The Labute approximate surface area is 184 Å². The molecule has 0 spiro atoms. The van der Waals surface area contributed by atoms with E-state index in [2.05, 4.69) is 15.0 Å². The van der Waals surface area contributed by atoms with Crippen molar-refractivity contribution in [3.8, 4) is 0 Å². The average molecular weight is 455 g/mol. The number of amides is 1. The Hall–Kier alpha value is -3.36. The van der Waals surface area contributed by atoms with Crippen molar-refractivity contribution in [2.24, 2.45) is 7.05 Å². The Kier molecular flexibility index (Phi) is 5.67. The second-order valence-corrected chi connectivity index (χ2v) is 8.96. The van der Waals surface area contributed by atoms with Crippen molar-refractivity contribution in [2.75, 3.05) is 4.72 Å². The summed E-state index contributed by atoms with van der Waals surface area (Å²) in [5.41, 5.74) is 2.46. The van der Waals surface area contributed by atoms with Crippen LogP contribution in [-0.2, 0) is 23.6 Å². The number of benzene rings is 3. The molecule has 1 amide bonds. The third-order valence-corrected chi connectivity index (χ3v) is 6.54. The second-order valence-electron chi connectivity index (χ2n) is 6.87. The summed E-state index contributed by atoms with van der Waals surface area (Å²) in [5.74, 6) is 0.396. The molecule has 2 N–H and O–H groups in total. The van der Waals surface area contributed by atoms with Crippen LogP contribution in [0.1, 0.15) is 16.2 Å². The Balaban J connectivity index is 1.45. The zero-order chi connectivity index (χ0) is 22.0. The maximum Gasteiger partial charge on any atom is 0.261 e. The van der Waals surface area contributed by atoms with E-state index in [4.69, 9.17) is 11.6 Å². The molecule has 0 aliphatic heterocycles. The van der Waals surface area contributed by atoms with Crippen LogP contribution in [0.25, 0.3) is 11.0 Å². The van der Waals surface area contributed by atoms with Gasteiger partial charge in [0, 0.05) is 12.6 Å². The van der Waals surface area contributed by atoms with Crippen molar-refractivity contribution in [3.63, 3.8) is 0 Å².